The van der Waals surface area contributed by atoms with Gasteiger partial charge in [-0.1, -0.05) is 30.3 Å². The molecule has 0 bridgehead atoms. The highest BCUT2D eigenvalue weighted by Gasteiger charge is 2.09. The van der Waals surface area contributed by atoms with Crippen LogP contribution in [-0.2, 0) is 11.3 Å². The Morgan fingerprint density at radius 3 is 2.57 bits per heavy atom. The molecule has 1 aliphatic heterocycles. The van der Waals surface area contributed by atoms with Gasteiger partial charge < -0.3 is 15.4 Å². The van der Waals surface area contributed by atoms with Crippen LogP contribution in [0, 0.1) is 0 Å². The summed E-state index contributed by atoms with van der Waals surface area (Å²) in [5, 5.41) is 6.66. The molecule has 0 spiro atoms. The van der Waals surface area contributed by atoms with Gasteiger partial charge in [-0.05, 0) is 5.56 Å². The molecule has 1 aliphatic rings. The second-order valence-corrected chi connectivity index (χ2v) is 4.79. The Bertz CT molecular complexity index is 407. The van der Waals surface area contributed by atoms with Gasteiger partial charge in [-0.3, -0.25) is 9.89 Å². The molecule has 1 saturated heterocycles. The highest BCUT2D eigenvalue weighted by atomic mass is 127. The molecule has 1 heterocycles. The van der Waals surface area contributed by atoms with E-state index in [1.165, 1.54) is 5.56 Å². The minimum Gasteiger partial charge on any atom is -0.379 e. The first-order chi connectivity index (χ1) is 9.88. The van der Waals surface area contributed by atoms with Crippen LogP contribution in [0.1, 0.15) is 5.56 Å². The SMILES string of the molecule is CN=C(NCCN1CCOCC1)NCc1ccccc1.I. The van der Waals surface area contributed by atoms with Crippen molar-refractivity contribution in [2.75, 3.05) is 46.4 Å². The van der Waals surface area contributed by atoms with E-state index in [0.29, 0.717) is 0 Å². The molecule has 0 radical (unpaired) electrons. The Morgan fingerprint density at radius 1 is 1.19 bits per heavy atom. The average molecular weight is 404 g/mol. The third-order valence-electron chi connectivity index (χ3n) is 3.35. The van der Waals surface area contributed by atoms with Gasteiger partial charge in [-0.25, -0.2) is 0 Å². The summed E-state index contributed by atoms with van der Waals surface area (Å²) in [6.45, 7) is 6.46. The lowest BCUT2D eigenvalue weighted by atomic mass is 10.2. The lowest BCUT2D eigenvalue weighted by Gasteiger charge is -2.26. The maximum absolute atomic E-state index is 5.34. The van der Waals surface area contributed by atoms with E-state index in [9.17, 15) is 0 Å². The van der Waals surface area contributed by atoms with Gasteiger partial charge in [-0.2, -0.15) is 0 Å². The minimum atomic E-state index is 0. The van der Waals surface area contributed by atoms with E-state index in [2.05, 4.69) is 32.7 Å². The summed E-state index contributed by atoms with van der Waals surface area (Å²) in [5.41, 5.74) is 1.25. The summed E-state index contributed by atoms with van der Waals surface area (Å²) in [6.07, 6.45) is 0. The molecule has 2 N–H and O–H groups in total. The van der Waals surface area contributed by atoms with Crippen molar-refractivity contribution < 1.29 is 4.74 Å². The van der Waals surface area contributed by atoms with Crippen LogP contribution in [-0.4, -0.2) is 57.3 Å². The van der Waals surface area contributed by atoms with E-state index in [0.717, 1.165) is 51.9 Å². The van der Waals surface area contributed by atoms with Crippen LogP contribution >= 0.6 is 24.0 Å². The molecule has 21 heavy (non-hydrogen) atoms. The Balaban J connectivity index is 0.00000220. The number of rotatable bonds is 5. The molecular weight excluding hydrogens is 379 g/mol. The number of nitrogens with one attached hydrogen (secondary N) is 2. The van der Waals surface area contributed by atoms with E-state index in [1.807, 2.05) is 18.2 Å². The van der Waals surface area contributed by atoms with Crippen molar-refractivity contribution in [2.24, 2.45) is 4.99 Å². The Morgan fingerprint density at radius 2 is 1.90 bits per heavy atom. The number of morpholine rings is 1. The quantitative estimate of drug-likeness (QED) is 0.442. The maximum Gasteiger partial charge on any atom is 0.191 e. The summed E-state index contributed by atoms with van der Waals surface area (Å²) in [7, 11) is 1.80. The fourth-order valence-electron chi connectivity index (χ4n) is 2.16. The number of aliphatic imine (C=N–C) groups is 1. The number of ether oxygens (including phenoxy) is 1. The van der Waals surface area contributed by atoms with Gasteiger partial charge in [0.2, 0.25) is 0 Å². The zero-order valence-electron chi connectivity index (χ0n) is 12.5. The molecule has 2 rings (SSSR count). The summed E-state index contributed by atoms with van der Waals surface area (Å²) < 4.78 is 5.34. The number of benzene rings is 1. The maximum atomic E-state index is 5.34. The molecule has 0 amide bonds. The van der Waals surface area contributed by atoms with Crippen molar-refractivity contribution in [3.63, 3.8) is 0 Å². The van der Waals surface area contributed by atoms with Crippen LogP contribution in [0.5, 0.6) is 0 Å². The fraction of sp³-hybridized carbons (Fsp3) is 0.533. The van der Waals surface area contributed by atoms with E-state index >= 15 is 0 Å². The molecule has 1 aromatic rings. The summed E-state index contributed by atoms with van der Waals surface area (Å²) >= 11 is 0. The number of nitrogens with zero attached hydrogens (tertiary/aromatic N) is 2. The molecule has 0 unspecified atom stereocenters. The molecule has 0 aliphatic carbocycles. The number of guanidine groups is 1. The predicted molar refractivity (Wildman–Crippen MR) is 97.3 cm³/mol. The predicted octanol–water partition coefficient (Wildman–Crippen LogP) is 1.30. The Hall–Kier alpha value is -0.860. The van der Waals surface area contributed by atoms with E-state index < -0.39 is 0 Å². The molecule has 1 aromatic carbocycles. The summed E-state index contributed by atoms with van der Waals surface area (Å²) in [5.74, 6) is 0.849. The fourth-order valence-corrected chi connectivity index (χ4v) is 2.16. The van der Waals surface area contributed by atoms with Crippen molar-refractivity contribution >= 4 is 29.9 Å². The Labute approximate surface area is 144 Å². The molecule has 1 fully saturated rings. The van der Waals surface area contributed by atoms with Gasteiger partial charge in [0.25, 0.3) is 0 Å². The van der Waals surface area contributed by atoms with Crippen molar-refractivity contribution in [1.82, 2.24) is 15.5 Å². The zero-order valence-corrected chi connectivity index (χ0v) is 14.9. The lowest BCUT2D eigenvalue weighted by molar-refractivity contribution is 0.0389. The summed E-state index contributed by atoms with van der Waals surface area (Å²) in [6, 6.07) is 10.3. The molecule has 5 nitrogen and oxygen atoms in total. The van der Waals surface area contributed by atoms with Crippen molar-refractivity contribution in [3.8, 4) is 0 Å². The van der Waals surface area contributed by atoms with Crippen molar-refractivity contribution in [2.45, 2.75) is 6.54 Å². The van der Waals surface area contributed by atoms with E-state index in [1.54, 1.807) is 7.05 Å². The van der Waals surface area contributed by atoms with Crippen LogP contribution in [0.25, 0.3) is 0 Å². The molecule has 0 aromatic heterocycles. The van der Waals surface area contributed by atoms with Crippen LogP contribution in [0.3, 0.4) is 0 Å². The molecule has 118 valence electrons. The van der Waals surface area contributed by atoms with Gasteiger partial charge >= 0.3 is 0 Å². The number of hydrogen-bond donors (Lipinski definition) is 2. The highest BCUT2D eigenvalue weighted by molar-refractivity contribution is 14.0. The first-order valence-corrected chi connectivity index (χ1v) is 7.17. The molecular formula is C15H25IN4O. The molecule has 0 atom stereocenters. The van der Waals surface area contributed by atoms with Gasteiger partial charge in [0.05, 0.1) is 13.2 Å². The second-order valence-electron chi connectivity index (χ2n) is 4.79. The van der Waals surface area contributed by atoms with E-state index in [-0.39, 0.29) is 24.0 Å². The average Bonchev–Trinajstić information content (AvgIpc) is 2.52. The van der Waals surface area contributed by atoms with Crippen LogP contribution < -0.4 is 10.6 Å². The van der Waals surface area contributed by atoms with Crippen LogP contribution in [0.15, 0.2) is 35.3 Å². The Kier molecular flexibility index (Phi) is 9.36. The molecule has 0 saturated carbocycles. The normalized spacial score (nSPS) is 16.1. The third kappa shape index (κ3) is 7.10. The monoisotopic (exact) mass is 404 g/mol. The van der Waals surface area contributed by atoms with Gasteiger partial charge in [0.1, 0.15) is 0 Å². The highest BCUT2D eigenvalue weighted by Crippen LogP contribution is 1.97. The van der Waals surface area contributed by atoms with Gasteiger partial charge in [0.15, 0.2) is 5.96 Å². The van der Waals surface area contributed by atoms with Crippen LogP contribution in [0.4, 0.5) is 0 Å². The lowest BCUT2D eigenvalue weighted by Crippen LogP contribution is -2.44. The van der Waals surface area contributed by atoms with Gasteiger partial charge in [0, 0.05) is 39.8 Å². The van der Waals surface area contributed by atoms with Crippen molar-refractivity contribution in [1.29, 1.82) is 0 Å². The first-order valence-electron chi connectivity index (χ1n) is 7.17. The third-order valence-corrected chi connectivity index (χ3v) is 3.35. The standard InChI is InChI=1S/C15H24N4O.HI/c1-16-15(18-13-14-5-3-2-4-6-14)17-7-8-19-9-11-20-12-10-19;/h2-6H,7-13H2,1H3,(H2,16,17,18);1H. The number of hydrogen-bond acceptors (Lipinski definition) is 3. The number of halogens is 1. The summed E-state index contributed by atoms with van der Waals surface area (Å²) in [4.78, 5) is 6.64. The minimum absolute atomic E-state index is 0. The van der Waals surface area contributed by atoms with E-state index in [4.69, 9.17) is 4.74 Å². The zero-order chi connectivity index (χ0) is 14.0. The smallest absolute Gasteiger partial charge is 0.191 e. The molecule has 6 heteroatoms. The van der Waals surface area contributed by atoms with Crippen molar-refractivity contribution in [3.05, 3.63) is 35.9 Å². The topological polar surface area (TPSA) is 48.9 Å². The first kappa shape index (κ1) is 18.2. The van der Waals surface area contributed by atoms with Crippen LogP contribution in [0.2, 0.25) is 0 Å². The largest absolute Gasteiger partial charge is 0.379 e. The van der Waals surface area contributed by atoms with Gasteiger partial charge in [-0.15, -0.1) is 24.0 Å². The second kappa shape index (κ2) is 10.8.